The zero-order valence-electron chi connectivity index (χ0n) is 14.9. The monoisotopic (exact) mass is 386 g/mol. The third kappa shape index (κ3) is 4.95. The fourth-order valence-electron chi connectivity index (χ4n) is 3.22. The highest BCUT2D eigenvalue weighted by Crippen LogP contribution is 2.25. The van der Waals surface area contributed by atoms with Crippen molar-refractivity contribution in [2.24, 2.45) is 5.73 Å². The molecule has 0 saturated carbocycles. The number of amides is 2. The molecule has 0 saturated heterocycles. The van der Waals surface area contributed by atoms with Crippen LogP contribution in [0.5, 0.6) is 0 Å². The van der Waals surface area contributed by atoms with Crippen LogP contribution in [0.2, 0.25) is 0 Å². The topological polar surface area (TPSA) is 106 Å². The van der Waals surface area contributed by atoms with Gasteiger partial charge in [0.25, 0.3) is 0 Å². The normalized spacial score (nSPS) is 13.2. The summed E-state index contributed by atoms with van der Waals surface area (Å²) < 4.78 is 25.0. The van der Waals surface area contributed by atoms with Gasteiger partial charge < -0.3 is 11.1 Å². The summed E-state index contributed by atoms with van der Waals surface area (Å²) in [6.45, 7) is 0. The number of aryl methyl sites for hydroxylation is 2. The van der Waals surface area contributed by atoms with Crippen LogP contribution in [0.25, 0.3) is 0 Å². The van der Waals surface area contributed by atoms with Crippen LogP contribution in [0.3, 0.4) is 0 Å². The van der Waals surface area contributed by atoms with E-state index >= 15 is 0 Å². The second-order valence-corrected chi connectivity index (χ2v) is 8.85. The second-order valence-electron chi connectivity index (χ2n) is 6.74. The Labute approximate surface area is 158 Å². The highest BCUT2D eigenvalue weighted by atomic mass is 32.2. The number of carbonyl (C=O) groups is 2. The summed E-state index contributed by atoms with van der Waals surface area (Å²) in [5.41, 5.74) is 8.74. The van der Waals surface area contributed by atoms with Crippen molar-refractivity contribution in [1.82, 2.24) is 0 Å². The van der Waals surface area contributed by atoms with Crippen molar-refractivity contribution in [3.8, 4) is 0 Å². The average molecular weight is 386 g/mol. The van der Waals surface area contributed by atoms with E-state index in [0.29, 0.717) is 5.69 Å². The van der Waals surface area contributed by atoms with E-state index in [0.717, 1.165) is 30.4 Å². The number of fused-ring (bicyclic) bond motifs is 1. The predicted molar refractivity (Wildman–Crippen MR) is 103 cm³/mol. The fraction of sp³-hybridized carbons (Fsp3) is 0.300. The molecule has 1 aliphatic rings. The van der Waals surface area contributed by atoms with Crippen molar-refractivity contribution < 1.29 is 18.0 Å². The molecule has 2 amide bonds. The molecule has 0 bridgehead atoms. The van der Waals surface area contributed by atoms with Crippen molar-refractivity contribution in [3.05, 3.63) is 59.2 Å². The third-order valence-corrected chi connectivity index (χ3v) is 6.36. The lowest BCUT2D eigenvalue weighted by molar-refractivity contribution is -0.117. The Morgan fingerprint density at radius 2 is 1.70 bits per heavy atom. The van der Waals surface area contributed by atoms with Crippen molar-refractivity contribution in [1.29, 1.82) is 0 Å². The van der Waals surface area contributed by atoms with Gasteiger partial charge >= 0.3 is 0 Å². The minimum Gasteiger partial charge on any atom is -0.369 e. The minimum absolute atomic E-state index is 0.123. The number of hydrogen-bond acceptors (Lipinski definition) is 4. The lowest BCUT2D eigenvalue weighted by Gasteiger charge is -2.08. The van der Waals surface area contributed by atoms with Crippen LogP contribution in [0.4, 0.5) is 5.69 Å². The molecule has 7 heteroatoms. The fourth-order valence-corrected chi connectivity index (χ4v) is 4.50. The number of nitrogens with one attached hydrogen (secondary N) is 1. The molecule has 2 aromatic carbocycles. The van der Waals surface area contributed by atoms with Gasteiger partial charge in [0.2, 0.25) is 11.8 Å². The molecule has 2 aromatic rings. The zero-order chi connectivity index (χ0) is 19.4. The van der Waals surface area contributed by atoms with Gasteiger partial charge in [-0.25, -0.2) is 8.42 Å². The Bertz CT molecular complexity index is 966. The summed E-state index contributed by atoms with van der Waals surface area (Å²) in [6, 6.07) is 12.0. The largest absolute Gasteiger partial charge is 0.369 e. The van der Waals surface area contributed by atoms with Gasteiger partial charge in [-0.3, -0.25) is 9.59 Å². The molecule has 3 rings (SSSR count). The number of rotatable bonds is 7. The predicted octanol–water partition coefficient (Wildman–Crippen LogP) is 2.01. The van der Waals surface area contributed by atoms with Crippen LogP contribution in [0.1, 0.15) is 29.5 Å². The molecule has 1 aliphatic carbocycles. The average Bonchev–Trinajstić information content (AvgIpc) is 3.09. The molecule has 0 atom stereocenters. The van der Waals surface area contributed by atoms with E-state index in [-0.39, 0.29) is 29.4 Å². The quantitative estimate of drug-likeness (QED) is 0.759. The highest BCUT2D eigenvalue weighted by molar-refractivity contribution is 7.91. The third-order valence-electron chi connectivity index (χ3n) is 4.64. The van der Waals surface area contributed by atoms with E-state index in [1.54, 1.807) is 36.4 Å². The first-order chi connectivity index (χ1) is 12.8. The van der Waals surface area contributed by atoms with Crippen molar-refractivity contribution >= 4 is 27.3 Å². The molecule has 0 radical (unpaired) electrons. The molecule has 0 heterocycles. The van der Waals surface area contributed by atoms with Gasteiger partial charge in [-0.15, -0.1) is 0 Å². The van der Waals surface area contributed by atoms with Crippen LogP contribution in [0, 0.1) is 0 Å². The molecule has 142 valence electrons. The number of carbonyl (C=O) groups excluding carboxylic acids is 2. The summed E-state index contributed by atoms with van der Waals surface area (Å²) in [6.07, 6.45) is 2.97. The molecule has 3 N–H and O–H groups in total. The van der Waals surface area contributed by atoms with Crippen molar-refractivity contribution in [3.63, 3.8) is 0 Å². The van der Waals surface area contributed by atoms with Gasteiger partial charge in [0.1, 0.15) is 0 Å². The minimum atomic E-state index is -3.50. The maximum atomic E-state index is 12.5. The van der Waals surface area contributed by atoms with Gasteiger partial charge in [-0.05, 0) is 60.2 Å². The van der Waals surface area contributed by atoms with Crippen LogP contribution in [-0.2, 0) is 38.7 Å². The van der Waals surface area contributed by atoms with E-state index in [1.165, 1.54) is 5.56 Å². The van der Waals surface area contributed by atoms with Crippen molar-refractivity contribution in [2.45, 2.75) is 37.0 Å². The molecule has 0 aliphatic heterocycles. The van der Waals surface area contributed by atoms with E-state index in [4.69, 9.17) is 5.73 Å². The highest BCUT2D eigenvalue weighted by Gasteiger charge is 2.19. The Kier molecular flexibility index (Phi) is 5.60. The van der Waals surface area contributed by atoms with Gasteiger partial charge in [0, 0.05) is 12.1 Å². The lowest BCUT2D eigenvalue weighted by Crippen LogP contribution is -2.17. The molecular weight excluding hydrogens is 364 g/mol. The number of nitrogens with two attached hydrogens (primary N) is 1. The summed E-state index contributed by atoms with van der Waals surface area (Å²) in [5, 5.41) is 2.67. The molecule has 0 unspecified atom stereocenters. The number of sulfone groups is 1. The first kappa shape index (κ1) is 19.1. The number of primary amides is 1. The molecular formula is C20H22N2O4S. The number of hydrogen-bond donors (Lipinski definition) is 2. The van der Waals surface area contributed by atoms with Crippen molar-refractivity contribution in [2.75, 3.05) is 11.1 Å². The van der Waals surface area contributed by atoms with E-state index in [1.807, 2.05) is 6.07 Å². The molecule has 0 spiro atoms. The molecule has 0 aromatic heterocycles. The Balaban J connectivity index is 1.57. The molecule has 6 nitrogen and oxygen atoms in total. The van der Waals surface area contributed by atoms with Crippen LogP contribution < -0.4 is 11.1 Å². The Morgan fingerprint density at radius 1 is 1.00 bits per heavy atom. The lowest BCUT2D eigenvalue weighted by atomic mass is 10.1. The first-order valence-corrected chi connectivity index (χ1v) is 10.5. The van der Waals surface area contributed by atoms with E-state index in [2.05, 4.69) is 5.32 Å². The van der Waals surface area contributed by atoms with E-state index < -0.39 is 15.7 Å². The van der Waals surface area contributed by atoms with Crippen LogP contribution in [0.15, 0.2) is 47.4 Å². The van der Waals surface area contributed by atoms with Crippen LogP contribution >= 0.6 is 0 Å². The Hall–Kier alpha value is -2.67. The zero-order valence-corrected chi connectivity index (χ0v) is 15.7. The van der Waals surface area contributed by atoms with E-state index in [9.17, 15) is 18.0 Å². The summed E-state index contributed by atoms with van der Waals surface area (Å²) in [7, 11) is -3.50. The standard InChI is InChI=1S/C20H22N2O4S/c21-19(23)12-14-4-7-17(8-5-14)22-20(24)10-11-27(25,26)18-9-6-15-2-1-3-16(15)13-18/h4-9,13H,1-3,10-12H2,(H2,21,23)(H,22,24). The molecule has 0 fully saturated rings. The van der Waals surface area contributed by atoms with Gasteiger partial charge in [-0.2, -0.15) is 0 Å². The number of anilines is 1. The van der Waals surface area contributed by atoms with Gasteiger partial charge in [-0.1, -0.05) is 18.2 Å². The van der Waals surface area contributed by atoms with Crippen LogP contribution in [-0.4, -0.2) is 26.0 Å². The van der Waals surface area contributed by atoms with Gasteiger partial charge in [0.15, 0.2) is 9.84 Å². The second kappa shape index (κ2) is 7.92. The summed E-state index contributed by atoms with van der Waals surface area (Å²) >= 11 is 0. The SMILES string of the molecule is NC(=O)Cc1ccc(NC(=O)CCS(=O)(=O)c2ccc3c(c2)CCC3)cc1. The first-order valence-electron chi connectivity index (χ1n) is 8.85. The molecule has 27 heavy (non-hydrogen) atoms. The summed E-state index contributed by atoms with van der Waals surface area (Å²) in [5.74, 6) is -1.04. The number of benzene rings is 2. The van der Waals surface area contributed by atoms with Gasteiger partial charge in [0.05, 0.1) is 17.1 Å². The maximum absolute atomic E-state index is 12.5. The summed E-state index contributed by atoms with van der Waals surface area (Å²) in [4.78, 5) is 23.3. The Morgan fingerprint density at radius 3 is 2.41 bits per heavy atom. The maximum Gasteiger partial charge on any atom is 0.225 e. The smallest absolute Gasteiger partial charge is 0.225 e.